The van der Waals surface area contributed by atoms with Crippen molar-refractivity contribution in [2.45, 2.75) is 0 Å². The van der Waals surface area contributed by atoms with E-state index in [0.717, 1.165) is 0 Å². The second kappa shape index (κ2) is 18.9. The average Bonchev–Trinajstić information content (AvgIpc) is 1.43. The maximum Gasteiger partial charge on any atom is -0.00137 e. The summed E-state index contributed by atoms with van der Waals surface area (Å²) < 4.78 is 0. The first-order chi connectivity index (χ1) is 44.7. The van der Waals surface area contributed by atoms with E-state index in [4.69, 9.17) is 0 Å². The van der Waals surface area contributed by atoms with Crippen LogP contribution < -0.4 is 0 Å². The summed E-state index contributed by atoms with van der Waals surface area (Å²) in [4.78, 5) is 0. The monoisotopic (exact) mass is 1130 g/mol. The van der Waals surface area contributed by atoms with Crippen molar-refractivity contribution >= 4 is 97.0 Å². The molecule has 20 rings (SSSR count). The van der Waals surface area contributed by atoms with Gasteiger partial charge in [-0.1, -0.05) is 279 Å². The molecule has 0 N–H and O–H groups in total. The van der Waals surface area contributed by atoms with Gasteiger partial charge in [0, 0.05) is 0 Å². The lowest BCUT2D eigenvalue weighted by Crippen LogP contribution is -1.94. The van der Waals surface area contributed by atoms with Crippen LogP contribution in [0.25, 0.3) is 208 Å². The fraction of sp³-hybridized carbons (Fsp3) is 0. The maximum atomic E-state index is 2.55. The number of hydrogen-bond donors (Lipinski definition) is 0. The molecule has 0 amide bonds. The van der Waals surface area contributed by atoms with Gasteiger partial charge in [-0.05, 0) is 245 Å². The normalized spacial score (nSPS) is 12.2. The Labute approximate surface area is 520 Å². The molecule has 0 fully saturated rings. The van der Waals surface area contributed by atoms with E-state index >= 15 is 0 Å². The number of fused-ring (bicyclic) bond motifs is 19. The van der Waals surface area contributed by atoms with Crippen molar-refractivity contribution in [1.29, 1.82) is 0 Å². The Balaban J connectivity index is 0.866. The van der Waals surface area contributed by atoms with E-state index in [1.807, 2.05) is 0 Å². The maximum absolute atomic E-state index is 2.55. The molecule has 0 unspecified atom stereocenters. The Morgan fingerprint density at radius 1 is 0.111 bits per heavy atom. The predicted molar refractivity (Wildman–Crippen MR) is 385 cm³/mol. The lowest BCUT2D eigenvalue weighted by molar-refractivity contribution is 1.63. The van der Waals surface area contributed by atoms with Crippen LogP contribution in [0.1, 0.15) is 0 Å². The molecule has 90 heavy (non-hydrogen) atoms. The van der Waals surface area contributed by atoms with E-state index in [1.165, 1.54) is 208 Å². The molecule has 0 aliphatic heterocycles. The van der Waals surface area contributed by atoms with Crippen molar-refractivity contribution in [2.24, 2.45) is 0 Å². The SMILES string of the molecule is c1ccc(-c2ccc3c(c2)c(-c2cc4c5ccccc5c(-c5c(-c6ccccc6)ccc6c5ccc5c7ccc(-c8ccccc8)c8c7c(cc65)-c5ccccc5-8)cc4c4ccccc24)cc2c4ccc(-c5ccccc5)c5c4c(cc32)-c2ccccc2-5)cc1. The van der Waals surface area contributed by atoms with Gasteiger partial charge in [-0.3, -0.25) is 0 Å². The van der Waals surface area contributed by atoms with Crippen molar-refractivity contribution in [3.63, 3.8) is 0 Å². The second-order valence-electron chi connectivity index (χ2n) is 24.8. The molecule has 0 saturated carbocycles. The van der Waals surface area contributed by atoms with E-state index in [-0.39, 0.29) is 0 Å². The largest absolute Gasteiger partial charge is 0.0622 e. The summed E-state index contributed by atoms with van der Waals surface area (Å²) in [5.74, 6) is 0. The quantitative estimate of drug-likeness (QED) is 0.146. The molecule has 18 aromatic carbocycles. The zero-order valence-electron chi connectivity index (χ0n) is 49.0. The van der Waals surface area contributed by atoms with Crippen LogP contribution in [-0.2, 0) is 0 Å². The third kappa shape index (κ3) is 6.96. The molecule has 2 aliphatic rings. The minimum absolute atomic E-state index is 1.20. The van der Waals surface area contributed by atoms with Crippen LogP contribution in [0.3, 0.4) is 0 Å². The first kappa shape index (κ1) is 49.4. The number of rotatable bonds is 6. The Morgan fingerprint density at radius 2 is 0.422 bits per heavy atom. The van der Waals surface area contributed by atoms with Gasteiger partial charge in [0.05, 0.1) is 0 Å². The molecule has 412 valence electrons. The third-order valence-electron chi connectivity index (χ3n) is 20.3. The predicted octanol–water partition coefficient (Wildman–Crippen LogP) is 25.4. The van der Waals surface area contributed by atoms with Crippen LogP contribution in [0.4, 0.5) is 0 Å². The molecule has 2 aliphatic carbocycles. The van der Waals surface area contributed by atoms with Gasteiger partial charge >= 0.3 is 0 Å². The standard InChI is InChI=1S/C90H52/c1-5-21-53(22-6-1)57-37-38-69-75(47-57)82(49-81-74-45-41-60(56-27-11-4-12-28-56)88-71-36-20-18-34-66(71)85(90(74)88)52-80(69)81)78-48-77-63-31-15-16-32-64(63)83(51-79(77)62-30-14-13-29-61(62)78)86-58(54-23-7-2-8-24-54)39-42-67-72(86)46-43-68-73-44-40-59(55-25-9-3-10-26-55)87-70-35-19-17-33-65(70)84(89(73)87)50-76(67)68/h1-52H. The summed E-state index contributed by atoms with van der Waals surface area (Å²) in [5, 5.41) is 22.7. The van der Waals surface area contributed by atoms with Crippen LogP contribution >= 0.6 is 0 Å². The van der Waals surface area contributed by atoms with Gasteiger partial charge in [0.2, 0.25) is 0 Å². The van der Waals surface area contributed by atoms with Crippen LogP contribution in [-0.4, -0.2) is 0 Å². The van der Waals surface area contributed by atoms with Gasteiger partial charge < -0.3 is 0 Å². The summed E-state index contributed by atoms with van der Waals surface area (Å²) in [6.45, 7) is 0. The summed E-state index contributed by atoms with van der Waals surface area (Å²) in [7, 11) is 0. The van der Waals surface area contributed by atoms with Crippen molar-refractivity contribution in [2.75, 3.05) is 0 Å². The third-order valence-corrected chi connectivity index (χ3v) is 20.3. The van der Waals surface area contributed by atoms with Crippen LogP contribution in [0.15, 0.2) is 315 Å². The molecule has 0 heteroatoms. The molecule has 0 aromatic heterocycles. The van der Waals surface area contributed by atoms with Gasteiger partial charge in [-0.2, -0.15) is 0 Å². The van der Waals surface area contributed by atoms with E-state index in [2.05, 4.69) is 315 Å². The van der Waals surface area contributed by atoms with Crippen molar-refractivity contribution in [1.82, 2.24) is 0 Å². The molecule has 0 radical (unpaired) electrons. The number of hydrogen-bond acceptors (Lipinski definition) is 0. The summed E-state index contributed by atoms with van der Waals surface area (Å²) in [6.07, 6.45) is 0. The fourth-order valence-corrected chi connectivity index (χ4v) is 16.4. The minimum atomic E-state index is 1.20. The van der Waals surface area contributed by atoms with E-state index in [9.17, 15) is 0 Å². The van der Waals surface area contributed by atoms with Gasteiger partial charge in [0.1, 0.15) is 0 Å². The molecule has 0 atom stereocenters. The lowest BCUT2D eigenvalue weighted by Gasteiger charge is -2.21. The van der Waals surface area contributed by atoms with Crippen molar-refractivity contribution < 1.29 is 0 Å². The van der Waals surface area contributed by atoms with Crippen LogP contribution in [0, 0.1) is 0 Å². The van der Waals surface area contributed by atoms with Crippen molar-refractivity contribution in [3.05, 3.63) is 315 Å². The second-order valence-corrected chi connectivity index (χ2v) is 24.8. The highest BCUT2D eigenvalue weighted by atomic mass is 14.3. The zero-order chi connectivity index (χ0) is 58.7. The van der Waals surface area contributed by atoms with Gasteiger partial charge in [-0.25, -0.2) is 0 Å². The smallest absolute Gasteiger partial charge is 0.00137 e. The van der Waals surface area contributed by atoms with E-state index in [1.54, 1.807) is 0 Å². The zero-order valence-corrected chi connectivity index (χ0v) is 49.0. The van der Waals surface area contributed by atoms with Gasteiger partial charge in [-0.15, -0.1) is 0 Å². The minimum Gasteiger partial charge on any atom is -0.0622 e. The first-order valence-electron chi connectivity index (χ1n) is 31.5. The molecule has 0 spiro atoms. The van der Waals surface area contributed by atoms with Gasteiger partial charge in [0.15, 0.2) is 0 Å². The molecule has 0 heterocycles. The Hall–Kier alpha value is -11.7. The first-order valence-corrected chi connectivity index (χ1v) is 31.5. The number of benzene rings is 18. The highest BCUT2D eigenvalue weighted by Crippen LogP contribution is 2.57. The molecule has 0 nitrogen and oxygen atoms in total. The molecule has 0 saturated heterocycles. The summed E-state index contributed by atoms with van der Waals surface area (Å²) in [6, 6.07) is 119. The summed E-state index contributed by atoms with van der Waals surface area (Å²) in [5.41, 5.74) is 25.3. The van der Waals surface area contributed by atoms with E-state index < -0.39 is 0 Å². The summed E-state index contributed by atoms with van der Waals surface area (Å²) >= 11 is 0. The Morgan fingerprint density at radius 3 is 0.956 bits per heavy atom. The molecular weight excluding hydrogens is 1080 g/mol. The Bertz CT molecular complexity index is 6150. The van der Waals surface area contributed by atoms with Crippen LogP contribution in [0.5, 0.6) is 0 Å². The van der Waals surface area contributed by atoms with Crippen LogP contribution in [0.2, 0.25) is 0 Å². The van der Waals surface area contributed by atoms with Crippen molar-refractivity contribution in [3.8, 4) is 111 Å². The lowest BCUT2D eigenvalue weighted by atomic mass is 9.82. The molecule has 18 aromatic rings. The highest BCUT2D eigenvalue weighted by molar-refractivity contribution is 6.34. The van der Waals surface area contributed by atoms with Gasteiger partial charge in [0.25, 0.3) is 0 Å². The Kier molecular flexibility index (Phi) is 10.4. The average molecular weight is 1130 g/mol. The topological polar surface area (TPSA) is 0 Å². The fourth-order valence-electron chi connectivity index (χ4n) is 16.4. The highest BCUT2D eigenvalue weighted by Gasteiger charge is 2.30. The molecule has 0 bridgehead atoms. The molecular formula is C90H52. The van der Waals surface area contributed by atoms with E-state index in [0.29, 0.717) is 0 Å².